The number of hydrogen-bond donors (Lipinski definition) is 2. The second-order valence-corrected chi connectivity index (χ2v) is 4.28. The van der Waals surface area contributed by atoms with Crippen molar-refractivity contribution < 1.29 is 9.90 Å². The summed E-state index contributed by atoms with van der Waals surface area (Å²) in [7, 11) is 1.76. The monoisotopic (exact) mass is 245 g/mol. The first-order valence-corrected chi connectivity index (χ1v) is 5.58. The summed E-state index contributed by atoms with van der Waals surface area (Å²) in [5.41, 5.74) is 2.52. The Hall–Kier alpha value is -2.30. The molecule has 1 heterocycles. The zero-order valence-electron chi connectivity index (χ0n) is 10.6. The van der Waals surface area contributed by atoms with Crippen molar-refractivity contribution in [2.24, 2.45) is 7.05 Å². The van der Waals surface area contributed by atoms with Gasteiger partial charge in [-0.1, -0.05) is 6.07 Å². The molecule has 2 N–H and O–H groups in total. The minimum atomic E-state index is -0.276. The van der Waals surface area contributed by atoms with Crippen LogP contribution in [0.4, 0.5) is 5.69 Å². The van der Waals surface area contributed by atoms with Crippen LogP contribution in [0.25, 0.3) is 0 Å². The molecule has 0 radical (unpaired) electrons. The Morgan fingerprint density at radius 1 is 1.39 bits per heavy atom. The number of rotatable bonds is 2. The van der Waals surface area contributed by atoms with Gasteiger partial charge in [0, 0.05) is 13.2 Å². The molecule has 0 saturated carbocycles. The van der Waals surface area contributed by atoms with E-state index in [9.17, 15) is 9.90 Å². The average molecular weight is 245 g/mol. The maximum atomic E-state index is 12.0. The van der Waals surface area contributed by atoms with E-state index in [0.717, 1.165) is 5.56 Å². The average Bonchev–Trinajstić information content (AvgIpc) is 2.63. The summed E-state index contributed by atoms with van der Waals surface area (Å²) >= 11 is 0. The van der Waals surface area contributed by atoms with Gasteiger partial charge in [0.2, 0.25) is 0 Å². The number of aromatic hydroxyl groups is 1. The van der Waals surface area contributed by atoms with Gasteiger partial charge in [-0.25, -0.2) is 0 Å². The Morgan fingerprint density at radius 2 is 2.11 bits per heavy atom. The van der Waals surface area contributed by atoms with Gasteiger partial charge in [0.1, 0.15) is 5.75 Å². The van der Waals surface area contributed by atoms with E-state index in [1.807, 2.05) is 6.92 Å². The highest BCUT2D eigenvalue weighted by Gasteiger charge is 2.14. The Morgan fingerprint density at radius 3 is 2.72 bits per heavy atom. The summed E-state index contributed by atoms with van der Waals surface area (Å²) in [6, 6.07) is 5.06. The van der Waals surface area contributed by atoms with Crippen LogP contribution >= 0.6 is 0 Å². The van der Waals surface area contributed by atoms with Crippen LogP contribution in [0, 0.1) is 13.8 Å². The molecule has 2 rings (SSSR count). The first-order valence-electron chi connectivity index (χ1n) is 5.58. The van der Waals surface area contributed by atoms with Gasteiger partial charge in [-0.15, -0.1) is 0 Å². The number of hydrogen-bond acceptors (Lipinski definition) is 3. The topological polar surface area (TPSA) is 67.2 Å². The number of aryl methyl sites for hydroxylation is 3. The molecule has 0 bridgehead atoms. The van der Waals surface area contributed by atoms with E-state index in [-0.39, 0.29) is 11.7 Å². The normalized spacial score (nSPS) is 10.4. The fourth-order valence-electron chi connectivity index (χ4n) is 1.76. The van der Waals surface area contributed by atoms with E-state index in [0.29, 0.717) is 16.9 Å². The van der Waals surface area contributed by atoms with Crippen LogP contribution in [0.3, 0.4) is 0 Å². The fraction of sp³-hybridized carbons (Fsp3) is 0.231. The molecule has 1 aromatic heterocycles. The van der Waals surface area contributed by atoms with E-state index in [4.69, 9.17) is 0 Å². The Balaban J connectivity index is 2.26. The van der Waals surface area contributed by atoms with Crippen molar-refractivity contribution in [3.8, 4) is 5.75 Å². The maximum absolute atomic E-state index is 12.0. The molecular formula is C13H15N3O2. The molecule has 0 atom stereocenters. The van der Waals surface area contributed by atoms with Crippen LogP contribution in [0.1, 0.15) is 21.6 Å². The van der Waals surface area contributed by atoms with Crippen LogP contribution in [-0.2, 0) is 7.05 Å². The molecule has 1 amide bonds. The third-order valence-electron chi connectivity index (χ3n) is 2.66. The highest BCUT2D eigenvalue weighted by Crippen LogP contribution is 2.24. The zero-order valence-corrected chi connectivity index (χ0v) is 10.6. The van der Waals surface area contributed by atoms with Gasteiger partial charge in [-0.2, -0.15) is 5.10 Å². The lowest BCUT2D eigenvalue weighted by Crippen LogP contribution is -2.12. The summed E-state index contributed by atoms with van der Waals surface area (Å²) in [5, 5.41) is 16.5. The van der Waals surface area contributed by atoms with Crippen molar-refractivity contribution in [3.05, 3.63) is 41.2 Å². The number of nitrogens with one attached hydrogen (secondary N) is 1. The lowest BCUT2D eigenvalue weighted by molar-refractivity contribution is 0.102. The summed E-state index contributed by atoms with van der Waals surface area (Å²) < 4.78 is 1.58. The Bertz CT molecular complexity index is 602. The van der Waals surface area contributed by atoms with Gasteiger partial charge in [0.25, 0.3) is 5.91 Å². The molecule has 0 fully saturated rings. The third-order valence-corrected chi connectivity index (χ3v) is 2.66. The molecule has 0 aliphatic heterocycles. The second-order valence-electron chi connectivity index (χ2n) is 4.28. The van der Waals surface area contributed by atoms with E-state index >= 15 is 0 Å². The standard InChI is InChI=1S/C13H15N3O2/c1-8-4-5-12(17)11(6-8)14-13(18)10-7-16(3)15-9(10)2/h4-7,17H,1-3H3,(H,14,18). The predicted octanol–water partition coefficient (Wildman–Crippen LogP) is 1.99. The fourth-order valence-corrected chi connectivity index (χ4v) is 1.76. The molecule has 1 aromatic carbocycles. The number of phenols is 1. The van der Waals surface area contributed by atoms with E-state index in [1.165, 1.54) is 0 Å². The number of aromatic nitrogens is 2. The van der Waals surface area contributed by atoms with Gasteiger partial charge < -0.3 is 10.4 Å². The molecule has 5 nitrogen and oxygen atoms in total. The van der Waals surface area contributed by atoms with Crippen molar-refractivity contribution in [2.75, 3.05) is 5.32 Å². The minimum Gasteiger partial charge on any atom is -0.506 e. The van der Waals surface area contributed by atoms with Crippen molar-refractivity contribution in [1.82, 2.24) is 9.78 Å². The quantitative estimate of drug-likeness (QED) is 0.795. The van der Waals surface area contributed by atoms with Gasteiger partial charge in [0.05, 0.1) is 16.9 Å². The largest absolute Gasteiger partial charge is 0.506 e. The Labute approximate surface area is 105 Å². The first kappa shape index (κ1) is 12.2. The second kappa shape index (κ2) is 4.52. The summed E-state index contributed by atoms with van der Waals surface area (Å²) in [6.45, 7) is 3.66. The first-order chi connectivity index (χ1) is 8.47. The number of carbonyl (C=O) groups excluding carboxylic acids is 1. The van der Waals surface area contributed by atoms with E-state index < -0.39 is 0 Å². The van der Waals surface area contributed by atoms with Gasteiger partial charge >= 0.3 is 0 Å². The molecule has 18 heavy (non-hydrogen) atoms. The highest BCUT2D eigenvalue weighted by molar-refractivity contribution is 6.05. The minimum absolute atomic E-state index is 0.0514. The zero-order chi connectivity index (χ0) is 13.3. The molecular weight excluding hydrogens is 230 g/mol. The lowest BCUT2D eigenvalue weighted by atomic mass is 10.2. The molecule has 94 valence electrons. The number of benzene rings is 1. The van der Waals surface area contributed by atoms with Gasteiger partial charge in [-0.05, 0) is 31.5 Å². The molecule has 0 unspecified atom stereocenters. The van der Waals surface area contributed by atoms with Crippen LogP contribution < -0.4 is 5.32 Å². The smallest absolute Gasteiger partial charge is 0.259 e. The van der Waals surface area contributed by atoms with Crippen LogP contribution in [0.15, 0.2) is 24.4 Å². The molecule has 0 saturated heterocycles. The van der Waals surface area contributed by atoms with Crippen LogP contribution in [-0.4, -0.2) is 20.8 Å². The molecule has 0 aliphatic rings. The van der Waals surface area contributed by atoms with Crippen molar-refractivity contribution in [1.29, 1.82) is 0 Å². The number of anilines is 1. The predicted molar refractivity (Wildman–Crippen MR) is 68.7 cm³/mol. The number of nitrogens with zero attached hydrogens (tertiary/aromatic N) is 2. The van der Waals surface area contributed by atoms with Gasteiger partial charge in [0.15, 0.2) is 0 Å². The van der Waals surface area contributed by atoms with E-state index in [2.05, 4.69) is 10.4 Å². The molecule has 2 aromatic rings. The molecule has 0 aliphatic carbocycles. The summed E-state index contributed by atoms with van der Waals surface area (Å²) in [6.07, 6.45) is 1.65. The maximum Gasteiger partial charge on any atom is 0.259 e. The van der Waals surface area contributed by atoms with Crippen LogP contribution in [0.2, 0.25) is 0 Å². The Kier molecular flexibility index (Phi) is 3.06. The van der Waals surface area contributed by atoms with E-state index in [1.54, 1.807) is 43.0 Å². The summed E-state index contributed by atoms with van der Waals surface area (Å²) in [4.78, 5) is 12.0. The lowest BCUT2D eigenvalue weighted by Gasteiger charge is -2.07. The number of phenolic OH excluding ortho intramolecular Hbond substituents is 1. The molecule has 5 heteroatoms. The van der Waals surface area contributed by atoms with Gasteiger partial charge in [-0.3, -0.25) is 9.48 Å². The van der Waals surface area contributed by atoms with Crippen molar-refractivity contribution in [2.45, 2.75) is 13.8 Å². The number of carbonyl (C=O) groups is 1. The third kappa shape index (κ3) is 2.34. The summed E-state index contributed by atoms with van der Waals surface area (Å²) in [5.74, 6) is -0.225. The highest BCUT2D eigenvalue weighted by atomic mass is 16.3. The van der Waals surface area contributed by atoms with Crippen molar-refractivity contribution in [3.63, 3.8) is 0 Å². The van der Waals surface area contributed by atoms with Crippen LogP contribution in [0.5, 0.6) is 5.75 Å². The van der Waals surface area contributed by atoms with Crippen molar-refractivity contribution >= 4 is 11.6 Å². The molecule has 0 spiro atoms. The SMILES string of the molecule is Cc1ccc(O)c(NC(=O)c2cn(C)nc2C)c1. The number of amides is 1.